The molecule has 0 saturated carbocycles. The Morgan fingerprint density at radius 1 is 1.03 bits per heavy atom. The second-order valence-electron chi connectivity index (χ2n) is 7.98. The predicted molar refractivity (Wildman–Crippen MR) is 124 cm³/mol. The third-order valence-corrected chi connectivity index (χ3v) is 6.11. The number of hydrogen-bond donors (Lipinski definition) is 0. The fraction of sp³-hybridized carbons (Fsp3) is 0.240. The Balaban J connectivity index is 1.68. The van der Waals surface area contributed by atoms with Crippen LogP contribution in [0.3, 0.4) is 0 Å². The first-order valence-electron chi connectivity index (χ1n) is 11.1. The molecule has 0 atom stereocenters. The smallest absolute Gasteiger partial charge is 0.228 e. The Morgan fingerprint density at radius 3 is 2.70 bits per heavy atom. The van der Waals surface area contributed by atoms with Gasteiger partial charge in [0.2, 0.25) is 5.89 Å². The molecule has 6 rings (SSSR count). The zero-order valence-electron chi connectivity index (χ0n) is 18.2. The lowest BCUT2D eigenvalue weighted by Gasteiger charge is -2.29. The Kier molecular flexibility index (Phi) is 4.80. The molecule has 166 valence electrons. The number of rotatable bonds is 4. The molecule has 8 heteroatoms. The Labute approximate surface area is 189 Å². The summed E-state index contributed by atoms with van der Waals surface area (Å²) in [5, 5.41) is 0.737. The number of nitrogens with zero attached hydrogens (tertiary/aromatic N) is 5. The summed E-state index contributed by atoms with van der Waals surface area (Å²) >= 11 is 0. The largest absolute Gasteiger partial charge is 0.444 e. The monoisotopic (exact) mass is 443 g/mol. The third kappa shape index (κ3) is 3.25. The highest BCUT2D eigenvalue weighted by Gasteiger charge is 2.22. The highest BCUT2D eigenvalue weighted by Crippen LogP contribution is 2.36. The minimum Gasteiger partial charge on any atom is -0.444 e. The minimum atomic E-state index is -0.341. The van der Waals surface area contributed by atoms with E-state index in [2.05, 4.69) is 38.5 Å². The van der Waals surface area contributed by atoms with Crippen LogP contribution >= 0.6 is 0 Å². The number of anilines is 1. The Morgan fingerprint density at radius 2 is 1.91 bits per heavy atom. The molecular weight excluding hydrogens is 421 g/mol. The number of para-hydroxylation sites is 1. The van der Waals surface area contributed by atoms with Crippen LogP contribution in [0.5, 0.6) is 0 Å². The molecule has 1 aliphatic heterocycles. The van der Waals surface area contributed by atoms with Crippen LogP contribution in [0.1, 0.15) is 12.7 Å². The number of pyridine rings is 1. The van der Waals surface area contributed by atoms with E-state index in [0.717, 1.165) is 52.3 Å². The van der Waals surface area contributed by atoms with Crippen LogP contribution in [-0.2, 0) is 11.2 Å². The molecule has 5 aromatic rings. The van der Waals surface area contributed by atoms with Gasteiger partial charge in [0.05, 0.1) is 36.2 Å². The van der Waals surface area contributed by atoms with Gasteiger partial charge in [-0.2, -0.15) is 0 Å². The van der Waals surface area contributed by atoms with E-state index in [1.54, 1.807) is 24.7 Å². The summed E-state index contributed by atoms with van der Waals surface area (Å²) < 4.78 is 27.9. The van der Waals surface area contributed by atoms with Gasteiger partial charge in [0.15, 0.2) is 0 Å². The van der Waals surface area contributed by atoms with Gasteiger partial charge in [0.1, 0.15) is 28.9 Å². The zero-order chi connectivity index (χ0) is 22.4. The van der Waals surface area contributed by atoms with Crippen molar-refractivity contribution in [2.75, 3.05) is 31.2 Å². The SMILES string of the molecule is CCc1nc2c(-c3ncco3)cc(N3CCOCC3)cc2n1-c1ccnc2c(F)cccc12. The lowest BCUT2D eigenvalue weighted by atomic mass is 10.1. The summed E-state index contributed by atoms with van der Waals surface area (Å²) in [4.78, 5) is 16.0. The number of halogens is 1. The predicted octanol–water partition coefficient (Wildman–Crippen LogP) is 4.77. The Bertz CT molecular complexity index is 1460. The first kappa shape index (κ1) is 19.9. The number of imidazole rings is 1. The van der Waals surface area contributed by atoms with E-state index in [4.69, 9.17) is 14.1 Å². The van der Waals surface area contributed by atoms with Crippen molar-refractivity contribution in [3.05, 3.63) is 66.7 Å². The highest BCUT2D eigenvalue weighted by atomic mass is 19.1. The van der Waals surface area contributed by atoms with Crippen molar-refractivity contribution < 1.29 is 13.5 Å². The van der Waals surface area contributed by atoms with Gasteiger partial charge in [0, 0.05) is 36.8 Å². The quantitative estimate of drug-likeness (QED) is 0.399. The number of hydrogen-bond acceptors (Lipinski definition) is 6. The number of fused-ring (bicyclic) bond motifs is 2. The molecule has 1 fully saturated rings. The van der Waals surface area contributed by atoms with Gasteiger partial charge in [-0.15, -0.1) is 0 Å². The van der Waals surface area contributed by atoms with Gasteiger partial charge in [-0.05, 0) is 24.3 Å². The maximum absolute atomic E-state index is 14.5. The molecule has 0 unspecified atom stereocenters. The van der Waals surface area contributed by atoms with Gasteiger partial charge in [-0.1, -0.05) is 19.1 Å². The molecular formula is C25H22FN5O2. The zero-order valence-corrected chi connectivity index (χ0v) is 18.2. The van der Waals surface area contributed by atoms with Gasteiger partial charge < -0.3 is 14.1 Å². The fourth-order valence-electron chi connectivity index (χ4n) is 4.56. The Hall–Kier alpha value is -3.78. The molecule has 0 aliphatic carbocycles. The summed E-state index contributed by atoms with van der Waals surface area (Å²) in [6.07, 6.45) is 5.55. The highest BCUT2D eigenvalue weighted by molar-refractivity contribution is 5.97. The molecule has 2 aromatic carbocycles. The van der Waals surface area contributed by atoms with Crippen molar-refractivity contribution in [1.29, 1.82) is 0 Å². The van der Waals surface area contributed by atoms with E-state index in [9.17, 15) is 4.39 Å². The average Bonchev–Trinajstić information content (AvgIpc) is 3.52. The van der Waals surface area contributed by atoms with Gasteiger partial charge in [-0.25, -0.2) is 14.4 Å². The molecule has 0 bridgehead atoms. The molecule has 0 N–H and O–H groups in total. The van der Waals surface area contributed by atoms with E-state index in [-0.39, 0.29) is 5.82 Å². The number of morpholine rings is 1. The van der Waals surface area contributed by atoms with Crippen molar-refractivity contribution in [2.45, 2.75) is 13.3 Å². The fourth-order valence-corrected chi connectivity index (χ4v) is 4.56. The summed E-state index contributed by atoms with van der Waals surface area (Å²) in [5.41, 5.74) is 4.78. The lowest BCUT2D eigenvalue weighted by Crippen LogP contribution is -2.36. The molecule has 33 heavy (non-hydrogen) atoms. The lowest BCUT2D eigenvalue weighted by molar-refractivity contribution is 0.122. The van der Waals surface area contributed by atoms with Crippen molar-refractivity contribution in [1.82, 2.24) is 19.5 Å². The number of aromatic nitrogens is 4. The van der Waals surface area contributed by atoms with E-state index < -0.39 is 0 Å². The molecule has 3 aromatic heterocycles. The van der Waals surface area contributed by atoms with Crippen LogP contribution in [0.25, 0.3) is 39.1 Å². The van der Waals surface area contributed by atoms with Crippen LogP contribution in [0, 0.1) is 5.82 Å². The number of benzene rings is 2. The third-order valence-electron chi connectivity index (χ3n) is 6.11. The van der Waals surface area contributed by atoms with Crippen molar-refractivity contribution in [2.24, 2.45) is 0 Å². The summed E-state index contributed by atoms with van der Waals surface area (Å²) in [5.74, 6) is 1.05. The average molecular weight is 443 g/mol. The maximum Gasteiger partial charge on any atom is 0.228 e. The molecule has 0 amide bonds. The van der Waals surface area contributed by atoms with Gasteiger partial charge in [0.25, 0.3) is 0 Å². The minimum absolute atomic E-state index is 0.341. The second kappa shape index (κ2) is 7.97. The van der Waals surface area contributed by atoms with Crippen LogP contribution in [0.2, 0.25) is 0 Å². The molecule has 7 nitrogen and oxygen atoms in total. The maximum atomic E-state index is 14.5. The number of oxazole rings is 1. The summed E-state index contributed by atoms with van der Waals surface area (Å²) in [7, 11) is 0. The van der Waals surface area contributed by atoms with Crippen molar-refractivity contribution >= 4 is 27.6 Å². The van der Waals surface area contributed by atoms with Crippen LogP contribution < -0.4 is 4.90 Å². The van der Waals surface area contributed by atoms with Crippen LogP contribution in [-0.4, -0.2) is 45.8 Å². The number of aryl methyl sites for hydroxylation is 1. The van der Waals surface area contributed by atoms with Crippen LogP contribution in [0.15, 0.2) is 59.5 Å². The normalized spacial score (nSPS) is 14.4. The van der Waals surface area contributed by atoms with Crippen molar-refractivity contribution in [3.8, 4) is 17.1 Å². The standard InChI is InChI=1S/C25H22FN5O2/c1-2-22-29-24-18(25-28-8-11-33-25)14-16(30-9-12-32-13-10-30)15-21(24)31(22)20-6-7-27-23-17(20)4-3-5-19(23)26/h3-8,11,14-15H,2,9-10,12-13H2,1H3. The molecule has 1 aliphatic rings. The van der Waals surface area contributed by atoms with E-state index in [1.165, 1.54) is 6.07 Å². The second-order valence-corrected chi connectivity index (χ2v) is 7.98. The summed E-state index contributed by atoms with van der Waals surface area (Å²) in [6, 6.07) is 11.2. The molecule has 0 radical (unpaired) electrons. The topological polar surface area (TPSA) is 69.2 Å². The first-order chi connectivity index (χ1) is 16.2. The van der Waals surface area contributed by atoms with Crippen LogP contribution in [0.4, 0.5) is 10.1 Å². The van der Waals surface area contributed by atoms with Gasteiger partial charge in [-0.3, -0.25) is 9.55 Å². The van der Waals surface area contributed by atoms with E-state index >= 15 is 0 Å². The molecule has 1 saturated heterocycles. The van der Waals surface area contributed by atoms with Crippen molar-refractivity contribution in [3.63, 3.8) is 0 Å². The first-order valence-corrected chi connectivity index (χ1v) is 11.1. The van der Waals surface area contributed by atoms with E-state index in [1.807, 2.05) is 12.1 Å². The molecule has 0 spiro atoms. The summed E-state index contributed by atoms with van der Waals surface area (Å²) in [6.45, 7) is 5.03. The van der Waals surface area contributed by atoms with E-state index in [0.29, 0.717) is 31.0 Å². The number of ether oxygens (including phenoxy) is 1. The molecule has 4 heterocycles. The van der Waals surface area contributed by atoms with Gasteiger partial charge >= 0.3 is 0 Å².